The minimum atomic E-state index is -3.83. The molecule has 7 heteroatoms. The van der Waals surface area contributed by atoms with Crippen molar-refractivity contribution in [2.24, 2.45) is 0 Å². The fraction of sp³-hybridized carbons (Fsp3) is 0.143. The van der Waals surface area contributed by atoms with E-state index in [-0.39, 0.29) is 15.6 Å². The fourth-order valence-electron chi connectivity index (χ4n) is 1.84. The third-order valence-corrected chi connectivity index (χ3v) is 4.83. The Bertz CT molecular complexity index is 723. The normalized spacial score (nSPS) is 11.2. The van der Waals surface area contributed by atoms with Gasteiger partial charge in [0.1, 0.15) is 4.90 Å². The lowest BCUT2D eigenvalue weighted by molar-refractivity contribution is 0.601. The maximum absolute atomic E-state index is 12.4. The van der Waals surface area contributed by atoms with Crippen LogP contribution in [0.2, 0.25) is 5.02 Å². The van der Waals surface area contributed by atoms with Crippen LogP contribution in [0.4, 0.5) is 17.1 Å². The summed E-state index contributed by atoms with van der Waals surface area (Å²) in [7, 11) is -0.0156. The molecule has 3 N–H and O–H groups in total. The van der Waals surface area contributed by atoms with Gasteiger partial charge >= 0.3 is 0 Å². The van der Waals surface area contributed by atoms with E-state index in [0.717, 1.165) is 5.69 Å². The maximum atomic E-state index is 12.4. The Balaban J connectivity index is 2.33. The monoisotopic (exact) mass is 325 g/mol. The number of sulfonamides is 1. The number of nitrogen functional groups attached to an aromatic ring is 1. The Hall–Kier alpha value is -1.92. The van der Waals surface area contributed by atoms with E-state index in [0.29, 0.717) is 5.69 Å². The SMILES string of the molecule is CN(C)c1ccc(NS(=O)(=O)c2c(N)cccc2Cl)cc1. The molecule has 0 aliphatic carbocycles. The van der Waals surface area contributed by atoms with E-state index in [4.69, 9.17) is 17.3 Å². The number of hydrogen-bond donors (Lipinski definition) is 2. The molecule has 0 amide bonds. The molecule has 21 heavy (non-hydrogen) atoms. The summed E-state index contributed by atoms with van der Waals surface area (Å²) in [6.07, 6.45) is 0. The van der Waals surface area contributed by atoms with Gasteiger partial charge in [-0.3, -0.25) is 4.72 Å². The Morgan fingerprint density at radius 2 is 1.71 bits per heavy atom. The van der Waals surface area contributed by atoms with Crippen LogP contribution in [0, 0.1) is 0 Å². The minimum Gasteiger partial charge on any atom is -0.398 e. The summed E-state index contributed by atoms with van der Waals surface area (Å²) in [5.74, 6) is 0. The van der Waals surface area contributed by atoms with E-state index >= 15 is 0 Å². The highest BCUT2D eigenvalue weighted by molar-refractivity contribution is 7.93. The van der Waals surface area contributed by atoms with Crippen molar-refractivity contribution in [3.63, 3.8) is 0 Å². The number of hydrogen-bond acceptors (Lipinski definition) is 4. The quantitative estimate of drug-likeness (QED) is 0.848. The summed E-state index contributed by atoms with van der Waals surface area (Å²) in [5, 5.41) is 0.0902. The Morgan fingerprint density at radius 1 is 1.10 bits per heavy atom. The zero-order valence-electron chi connectivity index (χ0n) is 11.7. The van der Waals surface area contributed by atoms with Gasteiger partial charge in [-0.1, -0.05) is 17.7 Å². The predicted octanol–water partition coefficient (Wildman–Crippen LogP) is 2.79. The van der Waals surface area contributed by atoms with Crippen LogP contribution >= 0.6 is 11.6 Å². The molecule has 0 saturated heterocycles. The molecule has 0 saturated carbocycles. The molecule has 0 unspecified atom stereocenters. The van der Waals surface area contributed by atoms with E-state index < -0.39 is 10.0 Å². The van der Waals surface area contributed by atoms with E-state index in [9.17, 15) is 8.42 Å². The standard InChI is InChI=1S/C14H16ClN3O2S/c1-18(2)11-8-6-10(7-9-11)17-21(19,20)14-12(15)4-3-5-13(14)16/h3-9,17H,16H2,1-2H3. The first-order valence-electron chi connectivity index (χ1n) is 6.15. The molecule has 0 heterocycles. The first-order chi connectivity index (χ1) is 9.81. The lowest BCUT2D eigenvalue weighted by Crippen LogP contribution is -2.15. The van der Waals surface area contributed by atoms with Crippen molar-refractivity contribution in [2.75, 3.05) is 29.5 Å². The van der Waals surface area contributed by atoms with Crippen LogP contribution in [0.1, 0.15) is 0 Å². The van der Waals surface area contributed by atoms with Gasteiger partial charge in [-0.25, -0.2) is 8.42 Å². The van der Waals surface area contributed by atoms with Gasteiger partial charge in [0.25, 0.3) is 10.0 Å². The molecule has 2 aromatic carbocycles. The highest BCUT2D eigenvalue weighted by atomic mass is 35.5. The third-order valence-electron chi connectivity index (χ3n) is 2.90. The highest BCUT2D eigenvalue weighted by Crippen LogP contribution is 2.29. The van der Waals surface area contributed by atoms with Gasteiger partial charge in [-0.2, -0.15) is 0 Å². The molecule has 2 aromatic rings. The second kappa shape index (κ2) is 5.83. The van der Waals surface area contributed by atoms with Crippen LogP contribution in [0.25, 0.3) is 0 Å². The molecule has 0 aliphatic rings. The van der Waals surface area contributed by atoms with Gasteiger partial charge in [0.15, 0.2) is 0 Å². The third kappa shape index (κ3) is 3.40. The lowest BCUT2D eigenvalue weighted by Gasteiger charge is -2.14. The molecular weight excluding hydrogens is 310 g/mol. The molecular formula is C14H16ClN3O2S. The molecule has 5 nitrogen and oxygen atoms in total. The number of nitrogens with one attached hydrogen (secondary N) is 1. The molecule has 0 atom stereocenters. The average molecular weight is 326 g/mol. The largest absolute Gasteiger partial charge is 0.398 e. The van der Waals surface area contributed by atoms with Crippen molar-refractivity contribution in [2.45, 2.75) is 4.90 Å². The number of rotatable bonds is 4. The molecule has 0 aromatic heterocycles. The summed E-state index contributed by atoms with van der Waals surface area (Å²) >= 11 is 5.94. The summed E-state index contributed by atoms with van der Waals surface area (Å²) in [6.45, 7) is 0. The first kappa shape index (κ1) is 15.5. The minimum absolute atomic E-state index is 0.0902. The van der Waals surface area contributed by atoms with Gasteiger partial charge in [0.05, 0.1) is 10.7 Å². The van der Waals surface area contributed by atoms with Crippen LogP contribution in [-0.2, 0) is 10.0 Å². The van der Waals surface area contributed by atoms with Crippen LogP contribution in [0.3, 0.4) is 0 Å². The van der Waals surface area contributed by atoms with Crippen molar-refractivity contribution in [3.8, 4) is 0 Å². The Labute approximate surface area is 129 Å². The molecule has 0 fully saturated rings. The zero-order valence-corrected chi connectivity index (χ0v) is 13.2. The number of halogens is 1. The van der Waals surface area contributed by atoms with Crippen molar-refractivity contribution in [1.82, 2.24) is 0 Å². The summed E-state index contributed by atoms with van der Waals surface area (Å²) in [6, 6.07) is 11.6. The molecule has 112 valence electrons. The lowest BCUT2D eigenvalue weighted by atomic mass is 10.3. The number of anilines is 3. The van der Waals surface area contributed by atoms with Crippen molar-refractivity contribution < 1.29 is 8.42 Å². The van der Waals surface area contributed by atoms with Gasteiger partial charge in [0.2, 0.25) is 0 Å². The molecule has 0 bridgehead atoms. The second-order valence-corrected chi connectivity index (χ2v) is 6.73. The Kier molecular flexibility index (Phi) is 4.29. The average Bonchev–Trinajstić information content (AvgIpc) is 2.38. The first-order valence-corrected chi connectivity index (χ1v) is 8.01. The summed E-state index contributed by atoms with van der Waals surface area (Å²) < 4.78 is 27.2. The van der Waals surface area contributed by atoms with E-state index in [1.165, 1.54) is 12.1 Å². The smallest absolute Gasteiger partial charge is 0.265 e. The van der Waals surface area contributed by atoms with Crippen LogP contribution < -0.4 is 15.4 Å². The molecule has 0 aliphatic heterocycles. The second-order valence-electron chi connectivity index (χ2n) is 4.70. The van der Waals surface area contributed by atoms with Crippen molar-refractivity contribution >= 4 is 38.7 Å². The number of benzene rings is 2. The van der Waals surface area contributed by atoms with Gasteiger partial charge in [-0.15, -0.1) is 0 Å². The van der Waals surface area contributed by atoms with Crippen molar-refractivity contribution in [3.05, 3.63) is 47.5 Å². The fourth-order valence-corrected chi connectivity index (χ4v) is 3.58. The highest BCUT2D eigenvalue weighted by Gasteiger charge is 2.21. The van der Waals surface area contributed by atoms with Crippen LogP contribution in [0.5, 0.6) is 0 Å². The maximum Gasteiger partial charge on any atom is 0.265 e. The number of nitrogens with two attached hydrogens (primary N) is 1. The van der Waals surface area contributed by atoms with Crippen LogP contribution in [0.15, 0.2) is 47.4 Å². The van der Waals surface area contributed by atoms with Gasteiger partial charge in [0, 0.05) is 25.5 Å². The molecule has 0 spiro atoms. The Morgan fingerprint density at radius 3 is 2.24 bits per heavy atom. The van der Waals surface area contributed by atoms with E-state index in [1.54, 1.807) is 18.2 Å². The molecule has 2 rings (SSSR count). The van der Waals surface area contributed by atoms with Gasteiger partial charge in [-0.05, 0) is 36.4 Å². The van der Waals surface area contributed by atoms with Crippen molar-refractivity contribution in [1.29, 1.82) is 0 Å². The summed E-state index contributed by atoms with van der Waals surface area (Å²) in [4.78, 5) is 1.81. The van der Waals surface area contributed by atoms with Gasteiger partial charge < -0.3 is 10.6 Å². The van der Waals surface area contributed by atoms with Crippen LogP contribution in [-0.4, -0.2) is 22.5 Å². The topological polar surface area (TPSA) is 75.4 Å². The summed E-state index contributed by atoms with van der Waals surface area (Å²) in [5.41, 5.74) is 7.24. The zero-order chi connectivity index (χ0) is 15.6. The predicted molar refractivity (Wildman–Crippen MR) is 87.4 cm³/mol. The number of nitrogens with zero attached hydrogens (tertiary/aromatic N) is 1. The van der Waals surface area contributed by atoms with E-state index in [2.05, 4.69) is 4.72 Å². The van der Waals surface area contributed by atoms with E-state index in [1.807, 2.05) is 31.1 Å². The molecule has 0 radical (unpaired) electrons.